The van der Waals surface area contributed by atoms with Crippen molar-refractivity contribution in [3.63, 3.8) is 0 Å². The van der Waals surface area contributed by atoms with Crippen molar-refractivity contribution in [1.29, 1.82) is 0 Å². The van der Waals surface area contributed by atoms with Crippen LogP contribution in [0.3, 0.4) is 0 Å². The minimum absolute atomic E-state index is 0.00463. The SMILES string of the molecule is NC(=O)c1cncc(C(F)F)c1Br. The highest BCUT2D eigenvalue weighted by Gasteiger charge is 2.17. The summed E-state index contributed by atoms with van der Waals surface area (Å²) < 4.78 is 24.5. The zero-order valence-corrected chi connectivity index (χ0v) is 7.88. The maximum absolute atomic E-state index is 12.2. The minimum atomic E-state index is -2.68. The van der Waals surface area contributed by atoms with Gasteiger partial charge >= 0.3 is 0 Å². The summed E-state index contributed by atoms with van der Waals surface area (Å²) in [6, 6.07) is 0. The highest BCUT2D eigenvalue weighted by atomic mass is 79.9. The third-order valence-corrected chi connectivity index (χ3v) is 2.29. The van der Waals surface area contributed by atoms with Crippen molar-refractivity contribution in [1.82, 2.24) is 4.98 Å². The maximum atomic E-state index is 12.2. The molecule has 1 aromatic heterocycles. The third-order valence-electron chi connectivity index (χ3n) is 1.41. The van der Waals surface area contributed by atoms with Crippen molar-refractivity contribution in [3.05, 3.63) is 28.0 Å². The number of amides is 1. The van der Waals surface area contributed by atoms with Gasteiger partial charge in [-0.25, -0.2) is 8.78 Å². The van der Waals surface area contributed by atoms with Gasteiger partial charge in [0.15, 0.2) is 0 Å². The molecule has 0 aromatic carbocycles. The highest BCUT2D eigenvalue weighted by Crippen LogP contribution is 2.28. The first-order valence-electron chi connectivity index (χ1n) is 3.25. The lowest BCUT2D eigenvalue weighted by Crippen LogP contribution is -2.13. The van der Waals surface area contributed by atoms with Crippen molar-refractivity contribution >= 4 is 21.8 Å². The summed E-state index contributed by atoms with van der Waals surface area (Å²) in [6.07, 6.45) is -0.555. The predicted octanol–water partition coefficient (Wildman–Crippen LogP) is 1.88. The summed E-state index contributed by atoms with van der Waals surface area (Å²) in [4.78, 5) is 14.2. The summed E-state index contributed by atoms with van der Waals surface area (Å²) in [5, 5.41) is 0. The average molecular weight is 251 g/mol. The van der Waals surface area contributed by atoms with Crippen molar-refractivity contribution < 1.29 is 13.6 Å². The topological polar surface area (TPSA) is 56.0 Å². The molecule has 0 saturated heterocycles. The van der Waals surface area contributed by atoms with E-state index in [1.807, 2.05) is 0 Å². The summed E-state index contributed by atoms with van der Waals surface area (Å²) in [6.45, 7) is 0. The van der Waals surface area contributed by atoms with E-state index in [0.29, 0.717) is 0 Å². The second kappa shape index (κ2) is 3.78. The average Bonchev–Trinajstić information content (AvgIpc) is 2.03. The molecule has 1 rings (SSSR count). The fourth-order valence-electron chi connectivity index (χ4n) is 0.785. The fraction of sp³-hybridized carbons (Fsp3) is 0.143. The third kappa shape index (κ3) is 2.00. The number of hydrogen-bond acceptors (Lipinski definition) is 2. The van der Waals surface area contributed by atoms with Gasteiger partial charge in [0.05, 0.1) is 11.1 Å². The van der Waals surface area contributed by atoms with Crippen LogP contribution in [0.15, 0.2) is 16.9 Å². The molecule has 0 unspecified atom stereocenters. The van der Waals surface area contributed by atoms with E-state index in [-0.39, 0.29) is 15.6 Å². The number of carbonyl (C=O) groups is 1. The zero-order valence-electron chi connectivity index (χ0n) is 6.30. The van der Waals surface area contributed by atoms with E-state index < -0.39 is 12.3 Å². The van der Waals surface area contributed by atoms with Crippen LogP contribution in [0.4, 0.5) is 8.78 Å². The lowest BCUT2D eigenvalue weighted by atomic mass is 10.2. The van der Waals surface area contributed by atoms with E-state index >= 15 is 0 Å². The Labute approximate surface area is 81.1 Å². The van der Waals surface area contributed by atoms with Crippen LogP contribution in [0.25, 0.3) is 0 Å². The number of alkyl halides is 2. The molecule has 0 bridgehead atoms. The Morgan fingerprint density at radius 1 is 1.54 bits per heavy atom. The van der Waals surface area contributed by atoms with Crippen LogP contribution in [-0.4, -0.2) is 10.9 Å². The van der Waals surface area contributed by atoms with E-state index in [4.69, 9.17) is 5.73 Å². The van der Waals surface area contributed by atoms with Crippen molar-refractivity contribution in [2.75, 3.05) is 0 Å². The van der Waals surface area contributed by atoms with E-state index in [2.05, 4.69) is 20.9 Å². The molecule has 1 aromatic rings. The smallest absolute Gasteiger partial charge is 0.266 e. The number of carbonyl (C=O) groups excluding carboxylic acids is 1. The lowest BCUT2D eigenvalue weighted by molar-refractivity contribution is 0.0998. The molecule has 1 heterocycles. The van der Waals surface area contributed by atoms with Gasteiger partial charge in [0.1, 0.15) is 0 Å². The van der Waals surface area contributed by atoms with Crippen molar-refractivity contribution in [3.8, 4) is 0 Å². The number of nitrogens with two attached hydrogens (primary N) is 1. The Kier molecular flexibility index (Phi) is 2.92. The molecule has 6 heteroatoms. The molecule has 0 spiro atoms. The molecule has 0 aliphatic carbocycles. The molecular weight excluding hydrogens is 246 g/mol. The second-order valence-electron chi connectivity index (χ2n) is 2.26. The molecule has 0 fully saturated rings. The monoisotopic (exact) mass is 250 g/mol. The Bertz CT molecular complexity index is 343. The van der Waals surface area contributed by atoms with Gasteiger partial charge in [0.25, 0.3) is 12.3 Å². The lowest BCUT2D eigenvalue weighted by Gasteiger charge is -2.04. The number of halogens is 3. The first-order chi connectivity index (χ1) is 6.04. The van der Waals surface area contributed by atoms with Crippen LogP contribution in [0.2, 0.25) is 0 Å². The summed E-state index contributed by atoms with van der Waals surface area (Å²) in [7, 11) is 0. The number of hydrogen-bond donors (Lipinski definition) is 1. The number of rotatable bonds is 2. The van der Waals surface area contributed by atoms with E-state index in [9.17, 15) is 13.6 Å². The van der Waals surface area contributed by atoms with Gasteiger partial charge in [-0.05, 0) is 15.9 Å². The first kappa shape index (κ1) is 10.0. The molecule has 0 radical (unpaired) electrons. The Morgan fingerprint density at radius 3 is 2.62 bits per heavy atom. The van der Waals surface area contributed by atoms with Gasteiger partial charge in [0.2, 0.25) is 0 Å². The molecule has 13 heavy (non-hydrogen) atoms. The van der Waals surface area contributed by atoms with Crippen LogP contribution in [-0.2, 0) is 0 Å². The molecule has 0 aliphatic rings. The van der Waals surface area contributed by atoms with Gasteiger partial charge in [-0.15, -0.1) is 0 Å². The van der Waals surface area contributed by atoms with E-state index in [1.54, 1.807) is 0 Å². The normalized spacial score (nSPS) is 10.5. The number of aromatic nitrogens is 1. The Hall–Kier alpha value is -1.04. The van der Waals surface area contributed by atoms with Crippen LogP contribution in [0.5, 0.6) is 0 Å². The quantitative estimate of drug-likeness (QED) is 0.872. The molecule has 0 saturated carbocycles. The minimum Gasteiger partial charge on any atom is -0.366 e. The molecule has 1 amide bonds. The summed E-state index contributed by atoms with van der Waals surface area (Å²) in [5.74, 6) is -0.790. The van der Waals surface area contributed by atoms with Gasteiger partial charge < -0.3 is 5.73 Å². The summed E-state index contributed by atoms with van der Waals surface area (Å²) in [5.41, 5.74) is 4.55. The largest absolute Gasteiger partial charge is 0.366 e. The second-order valence-corrected chi connectivity index (χ2v) is 3.05. The zero-order chi connectivity index (χ0) is 10.0. The van der Waals surface area contributed by atoms with Gasteiger partial charge in [-0.3, -0.25) is 9.78 Å². The number of pyridine rings is 1. The standard InChI is InChI=1S/C7H5BrF2N2O/c8-5-3(6(9)10)1-12-2-4(5)7(11)13/h1-2,6H,(H2,11,13). The van der Waals surface area contributed by atoms with Crippen LogP contribution < -0.4 is 5.73 Å². The first-order valence-corrected chi connectivity index (χ1v) is 4.04. The summed E-state index contributed by atoms with van der Waals surface area (Å²) >= 11 is 2.86. The number of primary amides is 1. The highest BCUT2D eigenvalue weighted by molar-refractivity contribution is 9.10. The van der Waals surface area contributed by atoms with Crippen LogP contribution in [0, 0.1) is 0 Å². The van der Waals surface area contributed by atoms with Crippen molar-refractivity contribution in [2.45, 2.75) is 6.43 Å². The van der Waals surface area contributed by atoms with Crippen LogP contribution in [0.1, 0.15) is 22.3 Å². The molecular formula is C7H5BrF2N2O. The molecule has 2 N–H and O–H groups in total. The Balaban J connectivity index is 3.26. The Morgan fingerprint density at radius 2 is 2.15 bits per heavy atom. The molecule has 70 valence electrons. The maximum Gasteiger partial charge on any atom is 0.266 e. The molecule has 3 nitrogen and oxygen atoms in total. The predicted molar refractivity (Wildman–Crippen MR) is 45.4 cm³/mol. The van der Waals surface area contributed by atoms with Gasteiger partial charge in [0, 0.05) is 16.9 Å². The molecule has 0 atom stereocenters. The van der Waals surface area contributed by atoms with E-state index in [0.717, 1.165) is 12.4 Å². The van der Waals surface area contributed by atoms with Gasteiger partial charge in [-0.1, -0.05) is 0 Å². The molecule has 0 aliphatic heterocycles. The number of nitrogens with zero attached hydrogens (tertiary/aromatic N) is 1. The fourth-order valence-corrected chi connectivity index (χ4v) is 1.36. The van der Waals surface area contributed by atoms with E-state index in [1.165, 1.54) is 0 Å². The van der Waals surface area contributed by atoms with Crippen molar-refractivity contribution in [2.24, 2.45) is 5.73 Å². The van der Waals surface area contributed by atoms with Gasteiger partial charge in [-0.2, -0.15) is 0 Å². The van der Waals surface area contributed by atoms with Crippen LogP contribution >= 0.6 is 15.9 Å².